The first-order chi connectivity index (χ1) is 7.97. The first-order valence-corrected chi connectivity index (χ1v) is 6.59. The first-order valence-electron chi connectivity index (χ1n) is 6.59. The maximum absolute atomic E-state index is 6.23. The van der Waals surface area contributed by atoms with Crippen LogP contribution < -0.4 is 10.6 Å². The SMILES string of the molecule is Cc1cc(C)c(N)c(N2CC(C)CC(C)C2)c1. The fourth-order valence-corrected chi connectivity index (χ4v) is 3.08. The van der Waals surface area contributed by atoms with Crippen LogP contribution in [0.4, 0.5) is 11.4 Å². The lowest BCUT2D eigenvalue weighted by Gasteiger charge is -2.37. The third kappa shape index (κ3) is 2.56. The minimum absolute atomic E-state index is 0.763. The van der Waals surface area contributed by atoms with E-state index in [1.807, 2.05) is 0 Å². The summed E-state index contributed by atoms with van der Waals surface area (Å²) in [6, 6.07) is 4.39. The molecule has 1 heterocycles. The van der Waals surface area contributed by atoms with Crippen molar-refractivity contribution in [1.29, 1.82) is 0 Å². The number of nitrogens with two attached hydrogens (primary N) is 1. The molecule has 94 valence electrons. The van der Waals surface area contributed by atoms with Gasteiger partial charge >= 0.3 is 0 Å². The quantitative estimate of drug-likeness (QED) is 0.752. The van der Waals surface area contributed by atoms with E-state index >= 15 is 0 Å². The summed E-state index contributed by atoms with van der Waals surface area (Å²) in [5.41, 5.74) is 10.9. The number of rotatable bonds is 1. The molecule has 1 aliphatic rings. The number of hydrogen-bond acceptors (Lipinski definition) is 2. The third-order valence-electron chi connectivity index (χ3n) is 3.72. The van der Waals surface area contributed by atoms with Crippen molar-refractivity contribution in [3.05, 3.63) is 23.3 Å². The molecule has 0 aromatic heterocycles. The van der Waals surface area contributed by atoms with Gasteiger partial charge in [0.2, 0.25) is 0 Å². The molecular weight excluding hydrogens is 208 g/mol. The molecule has 1 aliphatic heterocycles. The highest BCUT2D eigenvalue weighted by Crippen LogP contribution is 2.32. The predicted octanol–water partition coefficient (Wildman–Crippen LogP) is 3.37. The van der Waals surface area contributed by atoms with Crippen LogP contribution in [-0.2, 0) is 0 Å². The van der Waals surface area contributed by atoms with Gasteiger partial charge in [-0.1, -0.05) is 19.9 Å². The van der Waals surface area contributed by atoms with Gasteiger partial charge in [-0.25, -0.2) is 0 Å². The lowest BCUT2D eigenvalue weighted by atomic mass is 9.91. The molecule has 1 fully saturated rings. The molecule has 2 N–H and O–H groups in total. The maximum Gasteiger partial charge on any atom is 0.0605 e. The summed E-state index contributed by atoms with van der Waals surface area (Å²) in [6.45, 7) is 11.2. The number of nitrogen functional groups attached to an aromatic ring is 1. The predicted molar refractivity (Wildman–Crippen MR) is 75.5 cm³/mol. The van der Waals surface area contributed by atoms with E-state index < -0.39 is 0 Å². The summed E-state index contributed by atoms with van der Waals surface area (Å²) in [6.07, 6.45) is 1.33. The minimum atomic E-state index is 0.763. The van der Waals surface area contributed by atoms with Crippen LogP contribution in [-0.4, -0.2) is 13.1 Å². The Morgan fingerprint density at radius 3 is 2.29 bits per heavy atom. The van der Waals surface area contributed by atoms with Crippen LogP contribution in [0.3, 0.4) is 0 Å². The van der Waals surface area contributed by atoms with E-state index in [1.165, 1.54) is 23.2 Å². The van der Waals surface area contributed by atoms with Crippen LogP contribution in [0.1, 0.15) is 31.4 Å². The van der Waals surface area contributed by atoms with Gasteiger partial charge in [-0.2, -0.15) is 0 Å². The lowest BCUT2D eigenvalue weighted by molar-refractivity contribution is 0.357. The van der Waals surface area contributed by atoms with E-state index in [4.69, 9.17) is 5.73 Å². The van der Waals surface area contributed by atoms with Gasteiger partial charge in [0.25, 0.3) is 0 Å². The minimum Gasteiger partial charge on any atom is -0.397 e. The molecule has 17 heavy (non-hydrogen) atoms. The molecule has 1 saturated heterocycles. The zero-order valence-electron chi connectivity index (χ0n) is 11.5. The summed E-state index contributed by atoms with van der Waals surface area (Å²) in [5, 5.41) is 0. The van der Waals surface area contributed by atoms with Gasteiger partial charge in [0, 0.05) is 13.1 Å². The van der Waals surface area contributed by atoms with Gasteiger partial charge in [0.05, 0.1) is 11.4 Å². The van der Waals surface area contributed by atoms with Crippen LogP contribution in [0.5, 0.6) is 0 Å². The fourth-order valence-electron chi connectivity index (χ4n) is 3.08. The second kappa shape index (κ2) is 4.59. The van der Waals surface area contributed by atoms with E-state index in [2.05, 4.69) is 44.7 Å². The van der Waals surface area contributed by atoms with Gasteiger partial charge in [-0.15, -0.1) is 0 Å². The van der Waals surface area contributed by atoms with Crippen molar-refractivity contribution in [1.82, 2.24) is 0 Å². The highest BCUT2D eigenvalue weighted by atomic mass is 15.1. The zero-order valence-corrected chi connectivity index (χ0v) is 11.5. The first kappa shape index (κ1) is 12.3. The summed E-state index contributed by atoms with van der Waals surface area (Å²) in [5.74, 6) is 1.53. The van der Waals surface area contributed by atoms with E-state index in [0.717, 1.165) is 30.6 Å². The van der Waals surface area contributed by atoms with Crippen LogP contribution in [0.2, 0.25) is 0 Å². The van der Waals surface area contributed by atoms with Gasteiger partial charge in [-0.3, -0.25) is 0 Å². The Labute approximate surface area is 105 Å². The highest BCUT2D eigenvalue weighted by Gasteiger charge is 2.23. The van der Waals surface area contributed by atoms with Crippen molar-refractivity contribution >= 4 is 11.4 Å². The Morgan fingerprint density at radius 2 is 1.71 bits per heavy atom. The molecule has 0 amide bonds. The molecule has 2 atom stereocenters. The monoisotopic (exact) mass is 232 g/mol. The van der Waals surface area contributed by atoms with Crippen molar-refractivity contribution in [2.45, 2.75) is 34.1 Å². The molecule has 2 nitrogen and oxygen atoms in total. The molecule has 2 heteroatoms. The molecule has 1 aromatic carbocycles. The standard InChI is InChI=1S/C15H24N2/c1-10-6-13(4)15(16)14(7-10)17-8-11(2)5-12(3)9-17/h6-7,11-12H,5,8-9,16H2,1-4H3. The van der Waals surface area contributed by atoms with E-state index in [0.29, 0.717) is 0 Å². The number of aryl methyl sites for hydroxylation is 2. The Hall–Kier alpha value is -1.18. The fraction of sp³-hybridized carbons (Fsp3) is 0.600. The average Bonchev–Trinajstić information content (AvgIpc) is 2.22. The van der Waals surface area contributed by atoms with Crippen molar-refractivity contribution in [3.8, 4) is 0 Å². The summed E-state index contributed by atoms with van der Waals surface area (Å²) in [7, 11) is 0. The number of anilines is 2. The van der Waals surface area contributed by atoms with E-state index in [9.17, 15) is 0 Å². The van der Waals surface area contributed by atoms with Crippen molar-refractivity contribution in [2.75, 3.05) is 23.7 Å². The van der Waals surface area contributed by atoms with Crippen LogP contribution in [0.15, 0.2) is 12.1 Å². The molecule has 0 aliphatic carbocycles. The van der Waals surface area contributed by atoms with Gasteiger partial charge in [0.15, 0.2) is 0 Å². The lowest BCUT2D eigenvalue weighted by Crippen LogP contribution is -2.39. The van der Waals surface area contributed by atoms with Crippen LogP contribution >= 0.6 is 0 Å². The molecule has 0 bridgehead atoms. The van der Waals surface area contributed by atoms with Gasteiger partial charge in [0.1, 0.15) is 0 Å². The van der Waals surface area contributed by atoms with Crippen molar-refractivity contribution in [3.63, 3.8) is 0 Å². The zero-order chi connectivity index (χ0) is 12.6. The van der Waals surface area contributed by atoms with Crippen LogP contribution in [0, 0.1) is 25.7 Å². The second-order valence-electron chi connectivity index (χ2n) is 5.87. The number of hydrogen-bond donors (Lipinski definition) is 1. The summed E-state index contributed by atoms with van der Waals surface area (Å²) >= 11 is 0. The molecule has 2 unspecified atom stereocenters. The molecule has 0 spiro atoms. The Morgan fingerprint density at radius 1 is 1.12 bits per heavy atom. The Balaban J connectivity index is 2.33. The largest absolute Gasteiger partial charge is 0.397 e. The Bertz CT molecular complexity index is 402. The van der Waals surface area contributed by atoms with Crippen molar-refractivity contribution < 1.29 is 0 Å². The Kier molecular flexibility index (Phi) is 3.32. The molecular formula is C15H24N2. The normalized spacial score (nSPS) is 25.1. The number of nitrogens with zero attached hydrogens (tertiary/aromatic N) is 1. The second-order valence-corrected chi connectivity index (χ2v) is 5.87. The summed E-state index contributed by atoms with van der Waals surface area (Å²) in [4.78, 5) is 2.47. The summed E-state index contributed by atoms with van der Waals surface area (Å²) < 4.78 is 0. The van der Waals surface area contributed by atoms with Crippen LogP contribution in [0.25, 0.3) is 0 Å². The van der Waals surface area contributed by atoms with Gasteiger partial charge in [-0.05, 0) is 49.3 Å². The van der Waals surface area contributed by atoms with Gasteiger partial charge < -0.3 is 10.6 Å². The van der Waals surface area contributed by atoms with Crippen molar-refractivity contribution in [2.24, 2.45) is 11.8 Å². The molecule has 1 aromatic rings. The smallest absolute Gasteiger partial charge is 0.0605 e. The van der Waals surface area contributed by atoms with E-state index in [-0.39, 0.29) is 0 Å². The third-order valence-corrected chi connectivity index (χ3v) is 3.72. The average molecular weight is 232 g/mol. The topological polar surface area (TPSA) is 29.3 Å². The molecule has 0 radical (unpaired) electrons. The van der Waals surface area contributed by atoms with E-state index in [1.54, 1.807) is 0 Å². The molecule has 2 rings (SSSR count). The maximum atomic E-state index is 6.23. The number of benzene rings is 1. The highest BCUT2D eigenvalue weighted by molar-refractivity contribution is 5.72. The number of piperidine rings is 1. The molecule has 0 saturated carbocycles.